The van der Waals surface area contributed by atoms with E-state index in [1.807, 2.05) is 4.90 Å². The van der Waals surface area contributed by atoms with Crippen molar-refractivity contribution in [2.24, 2.45) is 0 Å². The Morgan fingerprint density at radius 1 is 1.00 bits per heavy atom. The summed E-state index contributed by atoms with van der Waals surface area (Å²) in [6.45, 7) is 2.92. The van der Waals surface area contributed by atoms with Crippen molar-refractivity contribution in [3.63, 3.8) is 0 Å². The Labute approximate surface area is 90.5 Å². The van der Waals surface area contributed by atoms with Gasteiger partial charge in [-0.25, -0.2) is 0 Å². The lowest BCUT2D eigenvalue weighted by atomic mass is 10.3. The van der Waals surface area contributed by atoms with Crippen LogP contribution in [0.1, 0.15) is 12.8 Å². The summed E-state index contributed by atoms with van der Waals surface area (Å²) in [6, 6.07) is 4.14. The molecule has 0 saturated heterocycles. The zero-order valence-corrected chi connectivity index (χ0v) is 8.85. The van der Waals surface area contributed by atoms with Crippen molar-refractivity contribution in [3.8, 4) is 12.1 Å². The second kappa shape index (κ2) is 10.9. The molecule has 0 rings (SSSR count). The van der Waals surface area contributed by atoms with E-state index in [1.54, 1.807) is 0 Å². The summed E-state index contributed by atoms with van der Waals surface area (Å²) >= 11 is 0. The summed E-state index contributed by atoms with van der Waals surface area (Å²) < 4.78 is 5.12. The maximum Gasteiger partial charge on any atom is 0.0698 e. The first-order chi connectivity index (χ1) is 7.35. The molecule has 0 heterocycles. The molecule has 0 unspecified atom stereocenters. The molecule has 0 bridgehead atoms. The van der Waals surface area contributed by atoms with Gasteiger partial charge in [0.25, 0.3) is 0 Å². The van der Waals surface area contributed by atoms with Crippen LogP contribution in [-0.2, 0) is 4.74 Å². The monoisotopic (exact) mass is 211 g/mol. The molecule has 0 atom stereocenters. The van der Waals surface area contributed by atoms with Crippen LogP contribution in [0.4, 0.5) is 0 Å². The average Bonchev–Trinajstić information content (AvgIpc) is 2.27. The van der Waals surface area contributed by atoms with Crippen LogP contribution in [0.15, 0.2) is 0 Å². The molecule has 0 aromatic rings. The van der Waals surface area contributed by atoms with Crippen molar-refractivity contribution in [2.75, 3.05) is 39.5 Å². The van der Waals surface area contributed by atoms with Gasteiger partial charge in [-0.2, -0.15) is 10.5 Å². The summed E-state index contributed by atoms with van der Waals surface area (Å²) in [4.78, 5) is 2.02. The molecule has 0 spiro atoms. The number of rotatable bonds is 9. The summed E-state index contributed by atoms with van der Waals surface area (Å²) in [5.41, 5.74) is 0. The third-order valence-corrected chi connectivity index (χ3v) is 1.87. The van der Waals surface area contributed by atoms with E-state index in [0.717, 1.165) is 0 Å². The standard InChI is InChI=1S/C10H17N3O2/c11-3-1-5-13(6-2-4-12)7-9-15-10-8-14/h14H,1-2,5-10H2. The van der Waals surface area contributed by atoms with Crippen molar-refractivity contribution in [1.82, 2.24) is 4.90 Å². The highest BCUT2D eigenvalue weighted by Gasteiger charge is 2.03. The molecular weight excluding hydrogens is 194 g/mol. The van der Waals surface area contributed by atoms with Gasteiger partial charge < -0.3 is 9.84 Å². The minimum absolute atomic E-state index is 0.0242. The SMILES string of the molecule is N#CCCN(CCC#N)CCOCCO. The first-order valence-electron chi connectivity index (χ1n) is 5.00. The Bertz CT molecular complexity index is 202. The van der Waals surface area contributed by atoms with Gasteiger partial charge in [0, 0.05) is 32.5 Å². The molecule has 0 radical (unpaired) electrons. The van der Waals surface area contributed by atoms with Gasteiger partial charge in [0.05, 0.1) is 32.0 Å². The number of aliphatic hydroxyl groups is 1. The number of hydrogen-bond donors (Lipinski definition) is 1. The van der Waals surface area contributed by atoms with Gasteiger partial charge in [-0.05, 0) is 0 Å². The molecule has 0 aromatic heterocycles. The van der Waals surface area contributed by atoms with E-state index in [2.05, 4.69) is 12.1 Å². The van der Waals surface area contributed by atoms with E-state index in [4.69, 9.17) is 20.4 Å². The van der Waals surface area contributed by atoms with E-state index in [-0.39, 0.29) is 6.61 Å². The number of hydrogen-bond acceptors (Lipinski definition) is 5. The lowest BCUT2D eigenvalue weighted by molar-refractivity contribution is 0.0744. The molecule has 5 nitrogen and oxygen atoms in total. The van der Waals surface area contributed by atoms with Gasteiger partial charge in [-0.1, -0.05) is 0 Å². The largest absolute Gasteiger partial charge is 0.394 e. The van der Waals surface area contributed by atoms with Crippen molar-refractivity contribution in [1.29, 1.82) is 10.5 Å². The van der Waals surface area contributed by atoms with Gasteiger partial charge in [0.2, 0.25) is 0 Å². The summed E-state index contributed by atoms with van der Waals surface area (Å²) in [7, 11) is 0. The van der Waals surface area contributed by atoms with Crippen LogP contribution in [0, 0.1) is 22.7 Å². The van der Waals surface area contributed by atoms with Crippen molar-refractivity contribution in [2.45, 2.75) is 12.8 Å². The Hall–Kier alpha value is -1.14. The Balaban J connectivity index is 3.61. The van der Waals surface area contributed by atoms with Crippen LogP contribution in [0.3, 0.4) is 0 Å². The van der Waals surface area contributed by atoms with Crippen molar-refractivity contribution < 1.29 is 9.84 Å². The van der Waals surface area contributed by atoms with E-state index in [1.165, 1.54) is 0 Å². The number of aliphatic hydroxyl groups excluding tert-OH is 1. The molecule has 84 valence electrons. The molecule has 0 amide bonds. The molecule has 0 fully saturated rings. The predicted molar refractivity (Wildman–Crippen MR) is 54.8 cm³/mol. The molecule has 0 aliphatic carbocycles. The van der Waals surface area contributed by atoms with Crippen LogP contribution >= 0.6 is 0 Å². The Kier molecular flexibility index (Phi) is 10.1. The molecule has 0 saturated carbocycles. The summed E-state index contributed by atoms with van der Waals surface area (Å²) in [5, 5.41) is 25.4. The van der Waals surface area contributed by atoms with Gasteiger partial charge in [-0.3, -0.25) is 4.90 Å². The number of nitriles is 2. The highest BCUT2D eigenvalue weighted by atomic mass is 16.5. The second-order valence-electron chi connectivity index (χ2n) is 2.99. The predicted octanol–water partition coefficient (Wildman–Crippen LogP) is 0.125. The third-order valence-electron chi connectivity index (χ3n) is 1.87. The fourth-order valence-corrected chi connectivity index (χ4v) is 1.11. The fourth-order valence-electron chi connectivity index (χ4n) is 1.11. The fraction of sp³-hybridized carbons (Fsp3) is 0.800. The lowest BCUT2D eigenvalue weighted by Crippen LogP contribution is -2.29. The van der Waals surface area contributed by atoms with Gasteiger partial charge in [0.1, 0.15) is 0 Å². The zero-order chi connectivity index (χ0) is 11.4. The summed E-state index contributed by atoms with van der Waals surface area (Å²) in [6.07, 6.45) is 0.927. The molecule has 5 heteroatoms. The highest BCUT2D eigenvalue weighted by molar-refractivity contribution is 4.76. The van der Waals surface area contributed by atoms with E-state index in [9.17, 15) is 0 Å². The smallest absolute Gasteiger partial charge is 0.0698 e. The molecule has 0 aromatic carbocycles. The first-order valence-corrected chi connectivity index (χ1v) is 5.00. The Morgan fingerprint density at radius 2 is 1.60 bits per heavy atom. The van der Waals surface area contributed by atoms with Crippen LogP contribution in [-0.4, -0.2) is 49.5 Å². The molecule has 0 aliphatic rings. The maximum atomic E-state index is 8.49. The van der Waals surface area contributed by atoms with Crippen LogP contribution in [0.25, 0.3) is 0 Å². The number of ether oxygens (including phenoxy) is 1. The lowest BCUT2D eigenvalue weighted by Gasteiger charge is -2.19. The minimum Gasteiger partial charge on any atom is -0.394 e. The van der Waals surface area contributed by atoms with E-state index in [0.29, 0.717) is 45.7 Å². The Morgan fingerprint density at radius 3 is 2.07 bits per heavy atom. The van der Waals surface area contributed by atoms with Gasteiger partial charge >= 0.3 is 0 Å². The average molecular weight is 211 g/mol. The van der Waals surface area contributed by atoms with Gasteiger partial charge in [0.15, 0.2) is 0 Å². The third kappa shape index (κ3) is 9.17. The van der Waals surface area contributed by atoms with E-state index < -0.39 is 0 Å². The van der Waals surface area contributed by atoms with Crippen molar-refractivity contribution in [3.05, 3.63) is 0 Å². The molecule has 0 aliphatic heterocycles. The van der Waals surface area contributed by atoms with Crippen LogP contribution in [0.5, 0.6) is 0 Å². The molecule has 15 heavy (non-hydrogen) atoms. The summed E-state index contributed by atoms with van der Waals surface area (Å²) in [5.74, 6) is 0. The normalized spacial score (nSPS) is 9.87. The van der Waals surface area contributed by atoms with Crippen molar-refractivity contribution >= 4 is 0 Å². The zero-order valence-electron chi connectivity index (χ0n) is 8.85. The second-order valence-corrected chi connectivity index (χ2v) is 2.99. The first kappa shape index (κ1) is 13.9. The topological polar surface area (TPSA) is 80.3 Å². The highest BCUT2D eigenvalue weighted by Crippen LogP contribution is 1.93. The molecular formula is C10H17N3O2. The quantitative estimate of drug-likeness (QED) is 0.548. The van der Waals surface area contributed by atoms with E-state index >= 15 is 0 Å². The minimum atomic E-state index is 0.0242. The van der Waals surface area contributed by atoms with Crippen LogP contribution < -0.4 is 0 Å². The number of nitrogens with zero attached hydrogens (tertiary/aromatic N) is 3. The van der Waals surface area contributed by atoms with Crippen LogP contribution in [0.2, 0.25) is 0 Å². The van der Waals surface area contributed by atoms with Gasteiger partial charge in [-0.15, -0.1) is 0 Å². The maximum absolute atomic E-state index is 8.49. The molecule has 1 N–H and O–H groups in total.